The molecule has 0 unspecified atom stereocenters. The molecule has 2 aliphatic carbocycles. The fourth-order valence-corrected chi connectivity index (χ4v) is 5.29. The van der Waals surface area contributed by atoms with Crippen molar-refractivity contribution in [2.45, 2.75) is 62.9 Å². The molecule has 4 aliphatic rings. The van der Waals surface area contributed by atoms with Gasteiger partial charge in [0.15, 0.2) is 0 Å². The third-order valence-electron chi connectivity index (χ3n) is 7.37. The molecule has 0 radical (unpaired) electrons. The van der Waals surface area contributed by atoms with Gasteiger partial charge in [-0.25, -0.2) is 0 Å². The number of hydrogen-bond acceptors (Lipinski definition) is 4. The van der Waals surface area contributed by atoms with E-state index < -0.39 is 0 Å². The summed E-state index contributed by atoms with van der Waals surface area (Å²) in [5, 5.41) is 27.5. The second-order valence-electron chi connectivity index (χ2n) is 9.29. The Kier molecular flexibility index (Phi) is 6.64. The summed E-state index contributed by atoms with van der Waals surface area (Å²) in [6, 6.07) is 15.1. The van der Waals surface area contributed by atoms with Gasteiger partial charge in [-0.3, -0.25) is 0 Å². The van der Waals surface area contributed by atoms with Crippen LogP contribution in [-0.4, -0.2) is 28.5 Å². The number of fused-ring (bicyclic) bond motifs is 3. The second kappa shape index (κ2) is 9.40. The summed E-state index contributed by atoms with van der Waals surface area (Å²) >= 11 is 0. The monoisotopic (exact) mass is 410 g/mol. The maximum Gasteiger partial charge on any atom is 0.115 e. The third kappa shape index (κ3) is 4.81. The average molecular weight is 411 g/mol. The summed E-state index contributed by atoms with van der Waals surface area (Å²) in [5.74, 6) is 2.60. The standard InChI is InChI=1S/C13H16O2.C13H18O2/c14-12-3-1-11(2-4-12)13-7-5-10(6-8-13)9-15-13;14-9-10-1-3-11(4-2-10)12-5-7-13(15)8-6-12/h1-4,10,14H,5-9H2;5-8,10-11,14-15H,1-4,9H2. The van der Waals surface area contributed by atoms with Gasteiger partial charge in [0.1, 0.15) is 11.5 Å². The smallest absolute Gasteiger partial charge is 0.115 e. The molecule has 0 spiro atoms. The number of benzene rings is 2. The third-order valence-corrected chi connectivity index (χ3v) is 7.37. The first-order chi connectivity index (χ1) is 14.6. The molecule has 2 aliphatic heterocycles. The van der Waals surface area contributed by atoms with E-state index in [2.05, 4.69) is 0 Å². The first-order valence-electron chi connectivity index (χ1n) is 11.4. The Bertz CT molecular complexity index is 766. The normalized spacial score (nSPS) is 30.4. The lowest BCUT2D eigenvalue weighted by Gasteiger charge is -2.46. The first-order valence-corrected chi connectivity index (χ1v) is 11.4. The molecule has 4 nitrogen and oxygen atoms in total. The van der Waals surface area contributed by atoms with E-state index in [1.54, 1.807) is 24.3 Å². The molecule has 0 amide bonds. The molecule has 0 aromatic heterocycles. The quantitative estimate of drug-likeness (QED) is 0.628. The Morgan fingerprint density at radius 2 is 1.33 bits per heavy atom. The second-order valence-corrected chi connectivity index (χ2v) is 9.29. The van der Waals surface area contributed by atoms with E-state index in [9.17, 15) is 10.2 Å². The predicted molar refractivity (Wildman–Crippen MR) is 118 cm³/mol. The van der Waals surface area contributed by atoms with E-state index in [-0.39, 0.29) is 5.60 Å². The molecule has 162 valence electrons. The molecule has 2 heterocycles. The predicted octanol–water partition coefficient (Wildman–Crippen LogP) is 5.47. The van der Waals surface area contributed by atoms with Crippen LogP contribution in [0.15, 0.2) is 48.5 Å². The Balaban J connectivity index is 0.000000145. The first kappa shape index (κ1) is 21.2. The van der Waals surface area contributed by atoms with Gasteiger partial charge < -0.3 is 20.1 Å². The number of ether oxygens (including phenoxy) is 1. The van der Waals surface area contributed by atoms with Crippen molar-refractivity contribution in [1.82, 2.24) is 0 Å². The maximum absolute atomic E-state index is 9.28. The van der Waals surface area contributed by atoms with Crippen LogP contribution in [0.2, 0.25) is 0 Å². The van der Waals surface area contributed by atoms with Gasteiger partial charge in [-0.1, -0.05) is 24.3 Å². The van der Waals surface area contributed by atoms with Crippen molar-refractivity contribution in [2.24, 2.45) is 11.8 Å². The number of hydrogen-bond donors (Lipinski definition) is 3. The Morgan fingerprint density at radius 1 is 0.767 bits per heavy atom. The zero-order valence-corrected chi connectivity index (χ0v) is 17.7. The van der Waals surface area contributed by atoms with Gasteiger partial charge in [0, 0.05) is 6.61 Å². The van der Waals surface area contributed by atoms with Crippen molar-refractivity contribution in [1.29, 1.82) is 0 Å². The van der Waals surface area contributed by atoms with Gasteiger partial charge in [0.05, 0.1) is 12.2 Å². The van der Waals surface area contributed by atoms with Crippen LogP contribution in [0.25, 0.3) is 0 Å². The molecule has 2 saturated carbocycles. The van der Waals surface area contributed by atoms with Crippen LogP contribution in [0, 0.1) is 11.8 Å². The van der Waals surface area contributed by atoms with E-state index in [1.165, 1.54) is 24.0 Å². The summed E-state index contributed by atoms with van der Waals surface area (Å²) in [4.78, 5) is 0. The molecule has 3 N–H and O–H groups in total. The van der Waals surface area contributed by atoms with Crippen LogP contribution in [0.1, 0.15) is 68.4 Å². The summed E-state index contributed by atoms with van der Waals surface area (Å²) in [6.45, 7) is 1.25. The maximum atomic E-state index is 9.28. The Labute approximate surface area is 179 Å². The molecule has 2 aromatic carbocycles. The van der Waals surface area contributed by atoms with E-state index in [4.69, 9.17) is 9.84 Å². The molecule has 30 heavy (non-hydrogen) atoms. The summed E-state index contributed by atoms with van der Waals surface area (Å²) in [7, 11) is 0. The highest BCUT2D eigenvalue weighted by atomic mass is 16.5. The number of phenolic OH excluding ortho intramolecular Hbond substituents is 2. The van der Waals surface area contributed by atoms with Crippen molar-refractivity contribution in [3.63, 3.8) is 0 Å². The summed E-state index contributed by atoms with van der Waals surface area (Å²) < 4.78 is 6.01. The number of aliphatic hydroxyl groups excluding tert-OH is 1. The minimum atomic E-state index is -0.0392. The molecule has 4 heteroatoms. The van der Waals surface area contributed by atoms with Crippen LogP contribution in [-0.2, 0) is 10.3 Å². The highest BCUT2D eigenvalue weighted by molar-refractivity contribution is 5.31. The zero-order chi connectivity index (χ0) is 21.0. The number of rotatable bonds is 3. The van der Waals surface area contributed by atoms with Crippen LogP contribution < -0.4 is 0 Å². The molecular formula is C26H34O4. The van der Waals surface area contributed by atoms with Crippen LogP contribution in [0.3, 0.4) is 0 Å². The minimum absolute atomic E-state index is 0.0392. The largest absolute Gasteiger partial charge is 0.508 e. The van der Waals surface area contributed by atoms with E-state index >= 15 is 0 Å². The molecule has 2 saturated heterocycles. The average Bonchev–Trinajstić information content (AvgIpc) is 2.82. The van der Waals surface area contributed by atoms with Gasteiger partial charge >= 0.3 is 0 Å². The van der Waals surface area contributed by atoms with Gasteiger partial charge in [-0.2, -0.15) is 0 Å². The molecule has 0 atom stereocenters. The highest BCUT2D eigenvalue weighted by Gasteiger charge is 2.42. The lowest BCUT2D eigenvalue weighted by atomic mass is 9.72. The lowest BCUT2D eigenvalue weighted by Crippen LogP contribution is -2.42. The molecule has 2 bridgehead atoms. The summed E-state index contributed by atoms with van der Waals surface area (Å²) in [5.41, 5.74) is 2.52. The SMILES string of the molecule is OCC1CCC(c2ccc(O)cc2)CC1.Oc1ccc(C23CCC(CC2)CO3)cc1. The molecule has 4 fully saturated rings. The van der Waals surface area contributed by atoms with Crippen molar-refractivity contribution in [3.05, 3.63) is 59.7 Å². The molecule has 2 aromatic rings. The van der Waals surface area contributed by atoms with E-state index in [1.807, 2.05) is 24.3 Å². The van der Waals surface area contributed by atoms with Gasteiger partial charge in [-0.05, 0) is 105 Å². The topological polar surface area (TPSA) is 69.9 Å². The number of phenols is 2. The Hall–Kier alpha value is -2.04. The number of aromatic hydroxyl groups is 2. The fraction of sp³-hybridized carbons (Fsp3) is 0.538. The van der Waals surface area contributed by atoms with Crippen molar-refractivity contribution in [2.75, 3.05) is 13.2 Å². The van der Waals surface area contributed by atoms with Gasteiger partial charge in [0.25, 0.3) is 0 Å². The van der Waals surface area contributed by atoms with Crippen LogP contribution >= 0.6 is 0 Å². The van der Waals surface area contributed by atoms with Crippen LogP contribution in [0.5, 0.6) is 11.5 Å². The van der Waals surface area contributed by atoms with Gasteiger partial charge in [-0.15, -0.1) is 0 Å². The lowest BCUT2D eigenvalue weighted by molar-refractivity contribution is -0.149. The minimum Gasteiger partial charge on any atom is -0.508 e. The van der Waals surface area contributed by atoms with E-state index in [0.29, 0.717) is 29.9 Å². The highest BCUT2D eigenvalue weighted by Crippen LogP contribution is 2.47. The Morgan fingerprint density at radius 3 is 1.83 bits per heavy atom. The van der Waals surface area contributed by atoms with Gasteiger partial charge in [0.2, 0.25) is 0 Å². The molecular weight excluding hydrogens is 376 g/mol. The van der Waals surface area contributed by atoms with Crippen molar-refractivity contribution >= 4 is 0 Å². The number of aliphatic hydroxyl groups is 1. The summed E-state index contributed by atoms with van der Waals surface area (Å²) in [6.07, 6.45) is 9.45. The zero-order valence-electron chi connectivity index (χ0n) is 17.7. The fourth-order valence-electron chi connectivity index (χ4n) is 5.29. The van der Waals surface area contributed by atoms with Crippen molar-refractivity contribution in [3.8, 4) is 11.5 Å². The van der Waals surface area contributed by atoms with Crippen LogP contribution in [0.4, 0.5) is 0 Å². The van der Waals surface area contributed by atoms with E-state index in [0.717, 1.165) is 51.0 Å². The molecule has 6 rings (SSSR count). The van der Waals surface area contributed by atoms with Crippen molar-refractivity contribution < 1.29 is 20.1 Å².